The van der Waals surface area contributed by atoms with Gasteiger partial charge in [-0.1, -0.05) is 0 Å². The number of rotatable bonds is 4. The minimum Gasteiger partial charge on any atom is -0.497 e. The van der Waals surface area contributed by atoms with Crippen LogP contribution in [0, 0.1) is 0 Å². The molecule has 3 aromatic rings. The number of aldehydes is 1. The smallest absolute Gasteiger partial charge is 0.169 e. The van der Waals surface area contributed by atoms with Crippen molar-refractivity contribution in [1.29, 1.82) is 0 Å². The van der Waals surface area contributed by atoms with Crippen molar-refractivity contribution in [3.05, 3.63) is 52.8 Å². The Morgan fingerprint density at radius 3 is 2.57 bits per heavy atom. The van der Waals surface area contributed by atoms with Gasteiger partial charge in [0.2, 0.25) is 0 Å². The van der Waals surface area contributed by atoms with E-state index in [-0.39, 0.29) is 0 Å². The maximum atomic E-state index is 11.2. The molecule has 0 bridgehead atoms. The van der Waals surface area contributed by atoms with Gasteiger partial charge in [-0.05, 0) is 52.3 Å². The summed E-state index contributed by atoms with van der Waals surface area (Å²) < 4.78 is 12.8. The lowest BCUT2D eigenvalue weighted by Crippen LogP contribution is -1.94. The van der Waals surface area contributed by atoms with Crippen LogP contribution in [0.5, 0.6) is 5.75 Å². The molecular weight excluding hydrogens is 336 g/mol. The van der Waals surface area contributed by atoms with Crippen molar-refractivity contribution < 1.29 is 13.9 Å². The summed E-state index contributed by atoms with van der Waals surface area (Å²) in [5, 5.41) is 4.42. The topological polar surface area (TPSA) is 57.3 Å². The third kappa shape index (κ3) is 2.62. The first-order valence-electron chi connectivity index (χ1n) is 6.16. The van der Waals surface area contributed by atoms with E-state index in [1.165, 1.54) is 0 Å². The van der Waals surface area contributed by atoms with Gasteiger partial charge in [0.1, 0.15) is 11.4 Å². The zero-order chi connectivity index (χ0) is 14.8. The average Bonchev–Trinajstić information content (AvgIpc) is 3.13. The first kappa shape index (κ1) is 13.6. The maximum absolute atomic E-state index is 11.2. The molecule has 0 aliphatic heterocycles. The normalized spacial score (nSPS) is 10.6. The summed E-state index contributed by atoms with van der Waals surface area (Å²) in [5.74, 6) is 1.30. The van der Waals surface area contributed by atoms with Crippen LogP contribution in [0.15, 0.2) is 51.7 Å². The molecule has 0 aliphatic rings. The van der Waals surface area contributed by atoms with E-state index in [1.54, 1.807) is 30.1 Å². The molecule has 0 saturated carbocycles. The minimum absolute atomic E-state index is 0.465. The molecule has 0 N–H and O–H groups in total. The van der Waals surface area contributed by atoms with Gasteiger partial charge >= 0.3 is 0 Å². The van der Waals surface area contributed by atoms with Crippen molar-refractivity contribution >= 4 is 22.2 Å². The summed E-state index contributed by atoms with van der Waals surface area (Å²) in [4.78, 5) is 11.2. The third-order valence-electron chi connectivity index (χ3n) is 3.01. The van der Waals surface area contributed by atoms with E-state index in [0.717, 1.165) is 17.7 Å². The highest BCUT2D eigenvalue weighted by atomic mass is 79.9. The molecule has 0 saturated heterocycles. The average molecular weight is 347 g/mol. The second-order valence-electron chi connectivity index (χ2n) is 4.30. The highest BCUT2D eigenvalue weighted by Gasteiger charge is 2.14. The Morgan fingerprint density at radius 2 is 2.00 bits per heavy atom. The van der Waals surface area contributed by atoms with Crippen LogP contribution in [0.4, 0.5) is 0 Å². The Bertz CT molecular complexity index is 775. The molecule has 2 heterocycles. The Morgan fingerprint density at radius 1 is 1.24 bits per heavy atom. The van der Waals surface area contributed by atoms with Crippen LogP contribution >= 0.6 is 15.9 Å². The molecule has 0 unspecified atom stereocenters. The summed E-state index contributed by atoms with van der Waals surface area (Å²) >= 11 is 3.24. The number of ether oxygens (including phenoxy) is 1. The molecule has 0 amide bonds. The summed E-state index contributed by atoms with van der Waals surface area (Å²) in [6, 6.07) is 10.9. The largest absolute Gasteiger partial charge is 0.497 e. The van der Waals surface area contributed by atoms with Gasteiger partial charge < -0.3 is 9.15 Å². The lowest BCUT2D eigenvalue weighted by molar-refractivity contribution is 0.112. The number of methoxy groups -OCH3 is 1. The quantitative estimate of drug-likeness (QED) is 0.675. The Hall–Kier alpha value is -2.34. The molecule has 3 rings (SSSR count). The van der Waals surface area contributed by atoms with Gasteiger partial charge in [0.05, 0.1) is 18.4 Å². The molecule has 0 spiro atoms. The SMILES string of the molecule is COc1ccc(-n2cc(C=O)c(-c3ccc(Br)o3)n2)cc1. The van der Waals surface area contributed by atoms with E-state index in [4.69, 9.17) is 9.15 Å². The number of benzene rings is 1. The van der Waals surface area contributed by atoms with E-state index < -0.39 is 0 Å². The molecule has 0 atom stereocenters. The fourth-order valence-electron chi connectivity index (χ4n) is 1.97. The van der Waals surface area contributed by atoms with Gasteiger partial charge in [-0.15, -0.1) is 0 Å². The summed E-state index contributed by atoms with van der Waals surface area (Å²) in [6.07, 6.45) is 2.43. The van der Waals surface area contributed by atoms with Crippen LogP contribution in [0.3, 0.4) is 0 Å². The number of halogens is 1. The van der Waals surface area contributed by atoms with E-state index in [0.29, 0.717) is 21.7 Å². The summed E-state index contributed by atoms with van der Waals surface area (Å²) in [6.45, 7) is 0. The van der Waals surface area contributed by atoms with Crippen LogP contribution in [0.25, 0.3) is 17.1 Å². The van der Waals surface area contributed by atoms with Crippen LogP contribution in [0.1, 0.15) is 10.4 Å². The number of nitrogens with zero attached hydrogens (tertiary/aromatic N) is 2. The highest BCUT2D eigenvalue weighted by molar-refractivity contribution is 9.10. The molecule has 21 heavy (non-hydrogen) atoms. The van der Waals surface area contributed by atoms with Crippen molar-refractivity contribution in [2.24, 2.45) is 0 Å². The number of carbonyl (C=O) groups excluding carboxylic acids is 1. The molecule has 0 radical (unpaired) electrons. The van der Waals surface area contributed by atoms with Crippen LogP contribution in [-0.2, 0) is 0 Å². The van der Waals surface area contributed by atoms with Gasteiger partial charge in [0, 0.05) is 6.20 Å². The minimum atomic E-state index is 0.465. The fraction of sp³-hybridized carbons (Fsp3) is 0.0667. The number of hydrogen-bond acceptors (Lipinski definition) is 4. The molecule has 0 fully saturated rings. The lowest BCUT2D eigenvalue weighted by atomic mass is 10.2. The van der Waals surface area contributed by atoms with E-state index in [2.05, 4.69) is 21.0 Å². The first-order valence-corrected chi connectivity index (χ1v) is 6.95. The monoisotopic (exact) mass is 346 g/mol. The van der Waals surface area contributed by atoms with Crippen LogP contribution in [-0.4, -0.2) is 23.2 Å². The maximum Gasteiger partial charge on any atom is 0.169 e. The second kappa shape index (κ2) is 5.57. The van der Waals surface area contributed by atoms with Crippen LogP contribution < -0.4 is 4.74 Å². The van der Waals surface area contributed by atoms with Crippen molar-refractivity contribution in [2.75, 3.05) is 7.11 Å². The standard InChI is InChI=1S/C15H11BrN2O3/c1-20-12-4-2-11(3-5-12)18-8-10(9-19)15(17-18)13-6-7-14(16)21-13/h2-9H,1H3. The Balaban J connectivity index is 2.04. The first-order chi connectivity index (χ1) is 10.2. The highest BCUT2D eigenvalue weighted by Crippen LogP contribution is 2.27. The molecule has 0 aliphatic carbocycles. The molecule has 5 nitrogen and oxygen atoms in total. The zero-order valence-corrected chi connectivity index (χ0v) is 12.7. The van der Waals surface area contributed by atoms with Gasteiger partial charge in [0.15, 0.2) is 16.7 Å². The van der Waals surface area contributed by atoms with Crippen molar-refractivity contribution in [2.45, 2.75) is 0 Å². The number of hydrogen-bond donors (Lipinski definition) is 0. The molecular formula is C15H11BrN2O3. The lowest BCUT2D eigenvalue weighted by Gasteiger charge is -2.02. The Labute approximate surface area is 129 Å². The van der Waals surface area contributed by atoms with E-state index in [9.17, 15) is 4.79 Å². The van der Waals surface area contributed by atoms with Crippen LogP contribution in [0.2, 0.25) is 0 Å². The molecule has 2 aromatic heterocycles. The predicted octanol–water partition coefficient (Wildman–Crippen LogP) is 3.72. The van der Waals surface area contributed by atoms with Gasteiger partial charge in [-0.25, -0.2) is 4.68 Å². The predicted molar refractivity (Wildman–Crippen MR) is 80.9 cm³/mol. The van der Waals surface area contributed by atoms with E-state index >= 15 is 0 Å². The molecule has 106 valence electrons. The molecule has 6 heteroatoms. The number of carbonyl (C=O) groups is 1. The summed E-state index contributed by atoms with van der Waals surface area (Å²) in [7, 11) is 1.61. The van der Waals surface area contributed by atoms with Gasteiger partial charge in [-0.3, -0.25) is 4.79 Å². The fourth-order valence-corrected chi connectivity index (χ4v) is 2.28. The van der Waals surface area contributed by atoms with Gasteiger partial charge in [0.25, 0.3) is 0 Å². The summed E-state index contributed by atoms with van der Waals surface area (Å²) in [5.41, 5.74) is 1.80. The number of aromatic nitrogens is 2. The van der Waals surface area contributed by atoms with Crippen molar-refractivity contribution in [3.63, 3.8) is 0 Å². The third-order valence-corrected chi connectivity index (χ3v) is 3.44. The van der Waals surface area contributed by atoms with Gasteiger partial charge in [-0.2, -0.15) is 5.10 Å². The molecule has 1 aromatic carbocycles. The van der Waals surface area contributed by atoms with E-state index in [1.807, 2.05) is 24.3 Å². The Kier molecular flexibility index (Phi) is 3.62. The van der Waals surface area contributed by atoms with Crippen molar-refractivity contribution in [3.8, 4) is 22.9 Å². The number of furan rings is 1. The second-order valence-corrected chi connectivity index (χ2v) is 5.08. The van der Waals surface area contributed by atoms with Crippen molar-refractivity contribution in [1.82, 2.24) is 9.78 Å². The zero-order valence-electron chi connectivity index (χ0n) is 11.1.